The van der Waals surface area contributed by atoms with Crippen molar-refractivity contribution < 1.29 is 14.3 Å². The van der Waals surface area contributed by atoms with Crippen LogP contribution in [-0.2, 0) is 0 Å². The Hall–Kier alpha value is -3.02. The van der Waals surface area contributed by atoms with E-state index >= 15 is 0 Å². The minimum Gasteiger partial charge on any atom is -0.497 e. The lowest BCUT2D eigenvalue weighted by molar-refractivity contribution is 0.0968. The van der Waals surface area contributed by atoms with Crippen LogP contribution in [0.5, 0.6) is 5.75 Å². The Bertz CT molecular complexity index is 653. The van der Waals surface area contributed by atoms with Gasteiger partial charge in [-0.2, -0.15) is 0 Å². The monoisotopic (exact) mass is 285 g/mol. The average molecular weight is 285 g/mol. The number of anilines is 2. The first-order valence-corrected chi connectivity index (χ1v) is 6.21. The van der Waals surface area contributed by atoms with Crippen molar-refractivity contribution in [1.82, 2.24) is 5.32 Å². The van der Waals surface area contributed by atoms with Gasteiger partial charge in [0.1, 0.15) is 5.75 Å². The van der Waals surface area contributed by atoms with Gasteiger partial charge in [-0.25, -0.2) is 4.79 Å². The van der Waals surface area contributed by atoms with Crippen molar-refractivity contribution >= 4 is 23.3 Å². The number of rotatable bonds is 3. The van der Waals surface area contributed by atoms with E-state index in [-0.39, 0.29) is 5.56 Å². The number of urea groups is 1. The fourth-order valence-corrected chi connectivity index (χ4v) is 1.71. The third kappa shape index (κ3) is 3.73. The van der Waals surface area contributed by atoms with Gasteiger partial charge in [0.05, 0.1) is 12.7 Å². The number of carbonyl (C=O) groups excluding carboxylic acids is 2. The van der Waals surface area contributed by atoms with E-state index in [2.05, 4.69) is 10.6 Å². The van der Waals surface area contributed by atoms with Crippen LogP contribution in [0.3, 0.4) is 0 Å². The summed E-state index contributed by atoms with van der Waals surface area (Å²) in [6.45, 7) is 0. The molecule has 0 unspecified atom stereocenters. The molecule has 2 aromatic rings. The van der Waals surface area contributed by atoms with Crippen LogP contribution in [-0.4, -0.2) is 19.0 Å². The van der Waals surface area contributed by atoms with Gasteiger partial charge in [-0.1, -0.05) is 12.1 Å². The molecule has 0 aromatic heterocycles. The molecule has 0 aliphatic heterocycles. The fourth-order valence-electron chi connectivity index (χ4n) is 1.71. The van der Waals surface area contributed by atoms with Crippen LogP contribution in [0.4, 0.5) is 16.2 Å². The summed E-state index contributed by atoms with van der Waals surface area (Å²) in [7, 11) is 1.55. The number of nitrogen functional groups attached to an aromatic ring is 1. The van der Waals surface area contributed by atoms with Crippen molar-refractivity contribution in [3.8, 4) is 5.75 Å². The summed E-state index contributed by atoms with van der Waals surface area (Å²) in [6, 6.07) is 12.6. The molecule has 0 aliphatic carbocycles. The predicted molar refractivity (Wildman–Crippen MR) is 80.3 cm³/mol. The highest BCUT2D eigenvalue weighted by Crippen LogP contribution is 2.15. The molecule has 0 spiro atoms. The Morgan fingerprint density at radius 2 is 1.71 bits per heavy atom. The molecule has 2 rings (SSSR count). The van der Waals surface area contributed by atoms with Gasteiger partial charge in [0, 0.05) is 11.4 Å². The van der Waals surface area contributed by atoms with E-state index < -0.39 is 11.9 Å². The largest absolute Gasteiger partial charge is 0.497 e. The molecule has 0 bridgehead atoms. The van der Waals surface area contributed by atoms with Crippen LogP contribution in [0.25, 0.3) is 0 Å². The van der Waals surface area contributed by atoms with E-state index in [1.54, 1.807) is 55.6 Å². The van der Waals surface area contributed by atoms with E-state index in [4.69, 9.17) is 10.5 Å². The molecule has 4 N–H and O–H groups in total. The van der Waals surface area contributed by atoms with Crippen LogP contribution in [0.2, 0.25) is 0 Å². The molecule has 0 aliphatic rings. The molecule has 2 aromatic carbocycles. The molecular weight excluding hydrogens is 270 g/mol. The van der Waals surface area contributed by atoms with Gasteiger partial charge < -0.3 is 15.8 Å². The van der Waals surface area contributed by atoms with Gasteiger partial charge in [0.15, 0.2) is 0 Å². The summed E-state index contributed by atoms with van der Waals surface area (Å²) in [5, 5.41) is 4.76. The standard InChI is InChI=1S/C15H15N3O3/c1-21-11-8-6-10(7-9-11)17-15(20)18-14(19)12-4-2-3-5-13(12)16/h2-9H,16H2,1H3,(H2,17,18,19,20). The number of amides is 3. The maximum absolute atomic E-state index is 11.9. The third-order valence-corrected chi connectivity index (χ3v) is 2.78. The zero-order chi connectivity index (χ0) is 15.2. The van der Waals surface area contributed by atoms with Crippen molar-refractivity contribution in [2.45, 2.75) is 0 Å². The molecule has 0 saturated heterocycles. The lowest BCUT2D eigenvalue weighted by Gasteiger charge is -2.08. The molecule has 6 nitrogen and oxygen atoms in total. The molecular formula is C15H15N3O3. The van der Waals surface area contributed by atoms with Gasteiger partial charge in [0.25, 0.3) is 5.91 Å². The molecule has 0 atom stereocenters. The number of para-hydroxylation sites is 1. The molecule has 0 saturated carbocycles. The zero-order valence-electron chi connectivity index (χ0n) is 11.4. The van der Waals surface area contributed by atoms with Crippen LogP contribution in [0.1, 0.15) is 10.4 Å². The van der Waals surface area contributed by atoms with E-state index in [9.17, 15) is 9.59 Å². The summed E-state index contributed by atoms with van der Waals surface area (Å²) in [4.78, 5) is 23.6. The van der Waals surface area contributed by atoms with E-state index in [0.717, 1.165) is 0 Å². The SMILES string of the molecule is COc1ccc(NC(=O)NC(=O)c2ccccc2N)cc1. The second kappa shape index (κ2) is 6.42. The second-order valence-electron chi connectivity index (χ2n) is 4.22. The lowest BCUT2D eigenvalue weighted by atomic mass is 10.2. The minimum atomic E-state index is -0.631. The third-order valence-electron chi connectivity index (χ3n) is 2.78. The highest BCUT2D eigenvalue weighted by molar-refractivity contribution is 6.10. The summed E-state index contributed by atoms with van der Waals surface area (Å²) in [5.74, 6) is 0.119. The van der Waals surface area contributed by atoms with Crippen molar-refractivity contribution in [2.24, 2.45) is 0 Å². The number of ether oxygens (including phenoxy) is 1. The number of imide groups is 1. The van der Waals surface area contributed by atoms with Gasteiger partial charge in [-0.15, -0.1) is 0 Å². The number of nitrogens with one attached hydrogen (secondary N) is 2. The Balaban J connectivity index is 1.98. The Kier molecular flexibility index (Phi) is 4.40. The van der Waals surface area contributed by atoms with Crippen molar-refractivity contribution in [2.75, 3.05) is 18.2 Å². The number of carbonyl (C=O) groups is 2. The van der Waals surface area contributed by atoms with E-state index in [0.29, 0.717) is 17.1 Å². The van der Waals surface area contributed by atoms with E-state index in [1.165, 1.54) is 0 Å². The fraction of sp³-hybridized carbons (Fsp3) is 0.0667. The Labute approximate surface area is 121 Å². The van der Waals surface area contributed by atoms with Gasteiger partial charge in [0.2, 0.25) is 0 Å². The highest BCUT2D eigenvalue weighted by atomic mass is 16.5. The molecule has 0 heterocycles. The molecule has 21 heavy (non-hydrogen) atoms. The topological polar surface area (TPSA) is 93.5 Å². The van der Waals surface area contributed by atoms with Crippen LogP contribution < -0.4 is 21.1 Å². The molecule has 0 radical (unpaired) electrons. The first-order chi connectivity index (χ1) is 10.1. The highest BCUT2D eigenvalue weighted by Gasteiger charge is 2.12. The quantitative estimate of drug-likeness (QED) is 0.754. The van der Waals surface area contributed by atoms with Crippen molar-refractivity contribution in [1.29, 1.82) is 0 Å². The van der Waals surface area contributed by atoms with Crippen LogP contribution in [0, 0.1) is 0 Å². The van der Waals surface area contributed by atoms with Gasteiger partial charge >= 0.3 is 6.03 Å². The summed E-state index contributed by atoms with van der Waals surface area (Å²) < 4.78 is 5.01. The summed E-state index contributed by atoms with van der Waals surface area (Å²) in [5.41, 5.74) is 6.78. The number of hydrogen-bond donors (Lipinski definition) is 3. The normalized spacial score (nSPS) is 9.76. The Morgan fingerprint density at radius 3 is 2.33 bits per heavy atom. The predicted octanol–water partition coefficient (Wildman–Crippen LogP) is 2.24. The van der Waals surface area contributed by atoms with E-state index in [1.807, 2.05) is 0 Å². The minimum absolute atomic E-state index is 0.252. The van der Waals surface area contributed by atoms with Gasteiger partial charge in [-0.05, 0) is 36.4 Å². The maximum atomic E-state index is 11.9. The number of methoxy groups -OCH3 is 1. The van der Waals surface area contributed by atoms with Crippen LogP contribution in [0.15, 0.2) is 48.5 Å². The van der Waals surface area contributed by atoms with Crippen molar-refractivity contribution in [3.05, 3.63) is 54.1 Å². The first kappa shape index (κ1) is 14.4. The molecule has 108 valence electrons. The number of nitrogens with two attached hydrogens (primary N) is 1. The van der Waals surface area contributed by atoms with Gasteiger partial charge in [-0.3, -0.25) is 10.1 Å². The average Bonchev–Trinajstić information content (AvgIpc) is 2.48. The lowest BCUT2D eigenvalue weighted by Crippen LogP contribution is -2.34. The second-order valence-corrected chi connectivity index (χ2v) is 4.22. The Morgan fingerprint density at radius 1 is 1.05 bits per heavy atom. The number of hydrogen-bond acceptors (Lipinski definition) is 4. The number of benzene rings is 2. The maximum Gasteiger partial charge on any atom is 0.326 e. The molecule has 3 amide bonds. The molecule has 6 heteroatoms. The molecule has 0 fully saturated rings. The summed E-state index contributed by atoms with van der Waals surface area (Å²) >= 11 is 0. The van der Waals surface area contributed by atoms with Crippen molar-refractivity contribution in [3.63, 3.8) is 0 Å². The summed E-state index contributed by atoms with van der Waals surface area (Å²) in [6.07, 6.45) is 0. The smallest absolute Gasteiger partial charge is 0.326 e. The zero-order valence-corrected chi connectivity index (χ0v) is 11.4. The van der Waals surface area contributed by atoms with Crippen LogP contribution >= 0.6 is 0 Å². The first-order valence-electron chi connectivity index (χ1n) is 6.21.